The van der Waals surface area contributed by atoms with Gasteiger partial charge in [-0.15, -0.1) is 0 Å². The molecule has 0 atom stereocenters. The van der Waals surface area contributed by atoms with Crippen molar-refractivity contribution in [3.05, 3.63) is 0 Å². The number of hydrogen-bond acceptors (Lipinski definition) is 1. The molecule has 0 saturated heterocycles. The van der Waals surface area contributed by atoms with Gasteiger partial charge in [-0.05, 0) is 18.2 Å². The van der Waals surface area contributed by atoms with Gasteiger partial charge in [0.25, 0.3) is 5.17 Å². The summed E-state index contributed by atoms with van der Waals surface area (Å²) in [5.74, 6) is 1.07. The summed E-state index contributed by atoms with van der Waals surface area (Å²) in [5, 5.41) is 5.72. The predicted octanol–water partition coefficient (Wildman–Crippen LogP) is -0.0164. The molecule has 9 heavy (non-hydrogen) atoms. The second-order valence-electron chi connectivity index (χ2n) is 1.96. The third-order valence-corrected chi connectivity index (χ3v) is 1.84. The molecule has 0 aliphatic carbocycles. The number of rotatable bonds is 4. The van der Waals surface area contributed by atoms with Crippen molar-refractivity contribution in [2.75, 3.05) is 5.75 Å². The van der Waals surface area contributed by atoms with Crippen LogP contribution in [0.15, 0.2) is 0 Å². The van der Waals surface area contributed by atoms with E-state index in [1.165, 1.54) is 19.3 Å². The highest BCUT2D eigenvalue weighted by molar-refractivity contribution is 8.13. The Morgan fingerprint density at radius 3 is 2.67 bits per heavy atom. The molecule has 0 radical (unpaired) electrons. The summed E-state index contributed by atoms with van der Waals surface area (Å²) in [4.78, 5) is 0. The Morgan fingerprint density at radius 2 is 2.22 bits per heavy atom. The Labute approximate surface area is 60.7 Å². The minimum atomic E-state index is 0.492. The van der Waals surface area contributed by atoms with Gasteiger partial charge in [0.2, 0.25) is 0 Å². The molecule has 0 aliphatic rings. The Hall–Kier alpha value is -0.180. The van der Waals surface area contributed by atoms with Gasteiger partial charge in [0.15, 0.2) is 0 Å². The number of amidine groups is 1. The molecule has 4 N–H and O–H groups in total. The Bertz CT molecular complexity index is 83.1. The molecule has 0 unspecified atom stereocenters. The van der Waals surface area contributed by atoms with Crippen LogP contribution in [-0.4, -0.2) is 10.9 Å². The normalized spacial score (nSPS) is 9.44. The fourth-order valence-electron chi connectivity index (χ4n) is 0.542. The van der Waals surface area contributed by atoms with E-state index in [4.69, 9.17) is 11.1 Å². The lowest BCUT2D eigenvalue weighted by molar-refractivity contribution is -0.110. The Kier molecular flexibility index (Phi) is 5.83. The molecule has 0 aromatic heterocycles. The first-order chi connectivity index (χ1) is 4.27. The van der Waals surface area contributed by atoms with Crippen LogP contribution in [0.3, 0.4) is 0 Å². The topological polar surface area (TPSA) is 51.6 Å². The lowest BCUT2D eigenvalue weighted by atomic mass is 10.3. The molecule has 0 aliphatic heterocycles. The SMILES string of the molecule is CCCCCSC(N)=[NH2+]. The van der Waals surface area contributed by atoms with Crippen molar-refractivity contribution in [2.45, 2.75) is 26.2 Å². The summed E-state index contributed by atoms with van der Waals surface area (Å²) in [5.41, 5.74) is 5.23. The van der Waals surface area contributed by atoms with Crippen molar-refractivity contribution < 1.29 is 5.41 Å². The van der Waals surface area contributed by atoms with E-state index >= 15 is 0 Å². The van der Waals surface area contributed by atoms with Crippen molar-refractivity contribution in [1.82, 2.24) is 0 Å². The molecule has 3 heteroatoms. The summed E-state index contributed by atoms with van der Waals surface area (Å²) in [6.45, 7) is 2.18. The van der Waals surface area contributed by atoms with E-state index in [0.29, 0.717) is 5.17 Å². The first-order valence-corrected chi connectivity index (χ1v) is 4.26. The maximum absolute atomic E-state index is 5.23. The van der Waals surface area contributed by atoms with Gasteiger partial charge in [-0.3, -0.25) is 11.1 Å². The van der Waals surface area contributed by atoms with Crippen LogP contribution in [0.2, 0.25) is 0 Å². The highest BCUT2D eigenvalue weighted by atomic mass is 32.2. The van der Waals surface area contributed by atoms with Gasteiger partial charge in [-0.1, -0.05) is 19.8 Å². The fraction of sp³-hybridized carbons (Fsp3) is 0.833. The molecule has 0 aromatic rings. The van der Waals surface area contributed by atoms with E-state index in [0.717, 1.165) is 5.75 Å². The molecule has 0 bridgehead atoms. The fourth-order valence-corrected chi connectivity index (χ4v) is 1.13. The van der Waals surface area contributed by atoms with Crippen LogP contribution < -0.4 is 11.1 Å². The second kappa shape index (κ2) is 5.95. The van der Waals surface area contributed by atoms with Crippen LogP contribution >= 0.6 is 11.8 Å². The highest BCUT2D eigenvalue weighted by Crippen LogP contribution is 2.02. The van der Waals surface area contributed by atoms with Crippen LogP contribution in [0.4, 0.5) is 0 Å². The van der Waals surface area contributed by atoms with Crippen LogP contribution in [-0.2, 0) is 0 Å². The average molecular weight is 147 g/mol. The molecule has 0 spiro atoms. The van der Waals surface area contributed by atoms with Crippen molar-refractivity contribution in [3.63, 3.8) is 0 Å². The van der Waals surface area contributed by atoms with Gasteiger partial charge in [0, 0.05) is 5.75 Å². The lowest BCUT2D eigenvalue weighted by Gasteiger charge is -1.92. The van der Waals surface area contributed by atoms with E-state index in [1.54, 1.807) is 11.8 Å². The van der Waals surface area contributed by atoms with Gasteiger partial charge in [-0.25, -0.2) is 0 Å². The van der Waals surface area contributed by atoms with Gasteiger partial charge >= 0.3 is 0 Å². The van der Waals surface area contributed by atoms with Gasteiger partial charge in [0.1, 0.15) is 0 Å². The Balaban J connectivity index is 2.83. The van der Waals surface area contributed by atoms with Gasteiger partial charge < -0.3 is 0 Å². The smallest absolute Gasteiger partial charge is 0.282 e. The largest absolute Gasteiger partial charge is 0.299 e. The molecule has 2 nitrogen and oxygen atoms in total. The first-order valence-electron chi connectivity index (χ1n) is 3.28. The van der Waals surface area contributed by atoms with Crippen molar-refractivity contribution in [1.29, 1.82) is 0 Å². The van der Waals surface area contributed by atoms with E-state index < -0.39 is 0 Å². The van der Waals surface area contributed by atoms with E-state index in [9.17, 15) is 0 Å². The molecular weight excluding hydrogens is 132 g/mol. The molecule has 0 rings (SSSR count). The van der Waals surface area contributed by atoms with Crippen LogP contribution in [0, 0.1) is 0 Å². The number of thioether (sulfide) groups is 1. The third-order valence-electron chi connectivity index (χ3n) is 1.02. The maximum Gasteiger partial charge on any atom is 0.299 e. The standard InChI is InChI=1S/C6H14N2S/c1-2-3-4-5-9-6(7)8/h2-5H2,1H3,(H3,7,8)/p+1. The lowest BCUT2D eigenvalue weighted by Crippen LogP contribution is -2.43. The third kappa shape index (κ3) is 7.82. The summed E-state index contributed by atoms with van der Waals surface area (Å²) in [7, 11) is 0. The van der Waals surface area contributed by atoms with Crippen LogP contribution in [0.5, 0.6) is 0 Å². The van der Waals surface area contributed by atoms with Crippen molar-refractivity contribution >= 4 is 16.9 Å². The van der Waals surface area contributed by atoms with E-state index in [-0.39, 0.29) is 0 Å². The minimum Gasteiger partial charge on any atom is -0.282 e. The van der Waals surface area contributed by atoms with Gasteiger partial charge in [-0.2, -0.15) is 0 Å². The first kappa shape index (κ1) is 8.82. The molecule has 54 valence electrons. The zero-order valence-electron chi connectivity index (χ0n) is 5.89. The monoisotopic (exact) mass is 147 g/mol. The molecule has 0 heterocycles. The molecule has 0 fully saturated rings. The molecule has 0 aromatic carbocycles. The molecule has 0 amide bonds. The quantitative estimate of drug-likeness (QED) is 0.334. The number of unbranched alkanes of at least 4 members (excludes halogenated alkanes) is 2. The second-order valence-corrected chi connectivity index (χ2v) is 3.13. The van der Waals surface area contributed by atoms with E-state index in [1.807, 2.05) is 0 Å². The Morgan fingerprint density at radius 1 is 1.56 bits per heavy atom. The van der Waals surface area contributed by atoms with Crippen LogP contribution in [0.25, 0.3) is 0 Å². The predicted molar refractivity (Wildman–Crippen MR) is 43.1 cm³/mol. The molecular formula is C6H15N2S+. The highest BCUT2D eigenvalue weighted by Gasteiger charge is 1.93. The van der Waals surface area contributed by atoms with Crippen molar-refractivity contribution in [3.8, 4) is 0 Å². The number of hydrogen-bond donors (Lipinski definition) is 2. The summed E-state index contributed by atoms with van der Waals surface area (Å²) in [6.07, 6.45) is 3.75. The minimum absolute atomic E-state index is 0.492. The zero-order chi connectivity index (χ0) is 7.11. The van der Waals surface area contributed by atoms with Crippen LogP contribution in [0.1, 0.15) is 26.2 Å². The number of nitrogens with two attached hydrogens (primary N) is 2. The summed E-state index contributed by atoms with van der Waals surface area (Å²) in [6, 6.07) is 0. The average Bonchev–Trinajstić information content (AvgIpc) is 1.80. The van der Waals surface area contributed by atoms with E-state index in [2.05, 4.69) is 6.92 Å². The zero-order valence-corrected chi connectivity index (χ0v) is 6.71. The summed E-state index contributed by atoms with van der Waals surface area (Å²) < 4.78 is 0. The molecule has 0 saturated carbocycles. The van der Waals surface area contributed by atoms with Gasteiger partial charge in [0.05, 0.1) is 0 Å². The van der Waals surface area contributed by atoms with Crippen molar-refractivity contribution in [2.24, 2.45) is 5.73 Å². The maximum atomic E-state index is 5.23. The summed E-state index contributed by atoms with van der Waals surface area (Å²) >= 11 is 1.54.